The topological polar surface area (TPSA) is 46.4 Å². The predicted octanol–water partition coefficient (Wildman–Crippen LogP) is 4.25. The number of carbonyl (C=O) groups excluding carboxylic acids is 1. The van der Waals surface area contributed by atoms with Gasteiger partial charge >= 0.3 is 0 Å². The highest BCUT2D eigenvalue weighted by molar-refractivity contribution is 6.08. The number of amides is 1. The van der Waals surface area contributed by atoms with Gasteiger partial charge in [-0.05, 0) is 24.3 Å². The Balaban J connectivity index is 1.73. The summed E-state index contributed by atoms with van der Waals surface area (Å²) in [5, 5.41) is 2.91. The van der Waals surface area contributed by atoms with Gasteiger partial charge in [0.05, 0.1) is 11.3 Å². The van der Waals surface area contributed by atoms with E-state index < -0.39 is 0 Å². The molecule has 0 aliphatic carbocycles. The Kier molecular flexibility index (Phi) is 3.56. The number of nitrogens with zero attached hydrogens (tertiary/aromatic N) is 2. The van der Waals surface area contributed by atoms with Crippen molar-refractivity contribution in [2.75, 3.05) is 5.32 Å². The van der Waals surface area contributed by atoms with E-state index in [0.29, 0.717) is 11.2 Å². The lowest BCUT2D eigenvalue weighted by molar-refractivity contribution is 0.102. The molecule has 0 saturated heterocycles. The number of anilines is 1. The number of aromatic nitrogens is 2. The summed E-state index contributed by atoms with van der Waals surface area (Å²) in [6.45, 7) is 0. The highest BCUT2D eigenvalue weighted by atomic mass is 16.1. The molecule has 2 aromatic carbocycles. The third-order valence-electron chi connectivity index (χ3n) is 3.83. The normalized spacial score (nSPS) is 10.7. The van der Waals surface area contributed by atoms with Crippen LogP contribution in [0.4, 0.5) is 5.69 Å². The van der Waals surface area contributed by atoms with Gasteiger partial charge in [0, 0.05) is 23.6 Å². The first-order chi connectivity index (χ1) is 11.8. The van der Waals surface area contributed by atoms with Crippen LogP contribution in [0.15, 0.2) is 85.2 Å². The van der Waals surface area contributed by atoms with Crippen LogP contribution in [0.2, 0.25) is 0 Å². The lowest BCUT2D eigenvalue weighted by Gasteiger charge is -2.05. The first kappa shape index (κ1) is 14.2. The number of rotatable bonds is 3. The minimum Gasteiger partial charge on any atom is -0.322 e. The standard InChI is InChI=1S/C20H15N3O/c24-20(21-16-10-5-2-6-11-16)17-12-7-13-23-14-18(22-19(17)23)15-8-3-1-4-9-15/h1-14H,(H,21,24). The molecule has 2 aromatic heterocycles. The first-order valence-electron chi connectivity index (χ1n) is 7.71. The van der Waals surface area contributed by atoms with Crippen LogP contribution in [0.5, 0.6) is 0 Å². The van der Waals surface area contributed by atoms with Gasteiger partial charge in [0.1, 0.15) is 5.65 Å². The predicted molar refractivity (Wildman–Crippen MR) is 95.0 cm³/mol. The van der Waals surface area contributed by atoms with Crippen molar-refractivity contribution in [1.82, 2.24) is 9.38 Å². The van der Waals surface area contributed by atoms with E-state index in [4.69, 9.17) is 0 Å². The van der Waals surface area contributed by atoms with Crippen LogP contribution < -0.4 is 5.32 Å². The Labute approximate surface area is 139 Å². The van der Waals surface area contributed by atoms with Gasteiger partial charge in [0.25, 0.3) is 5.91 Å². The Morgan fingerprint density at radius 3 is 2.33 bits per heavy atom. The largest absolute Gasteiger partial charge is 0.322 e. The van der Waals surface area contributed by atoms with Crippen LogP contribution in [0.3, 0.4) is 0 Å². The summed E-state index contributed by atoms with van der Waals surface area (Å²) in [4.78, 5) is 17.3. The van der Waals surface area contributed by atoms with E-state index in [9.17, 15) is 4.79 Å². The molecule has 4 rings (SSSR count). The van der Waals surface area contributed by atoms with Gasteiger partial charge in [-0.25, -0.2) is 4.98 Å². The second kappa shape index (κ2) is 6.01. The number of benzene rings is 2. The van der Waals surface area contributed by atoms with E-state index in [2.05, 4.69) is 10.3 Å². The Morgan fingerprint density at radius 2 is 1.58 bits per heavy atom. The van der Waals surface area contributed by atoms with Crippen molar-refractivity contribution in [2.45, 2.75) is 0 Å². The maximum Gasteiger partial charge on any atom is 0.259 e. The molecule has 1 N–H and O–H groups in total. The summed E-state index contributed by atoms with van der Waals surface area (Å²) in [7, 11) is 0. The zero-order valence-corrected chi connectivity index (χ0v) is 12.9. The number of nitrogens with one attached hydrogen (secondary N) is 1. The molecular formula is C20H15N3O. The monoisotopic (exact) mass is 313 g/mol. The van der Waals surface area contributed by atoms with Crippen LogP contribution >= 0.6 is 0 Å². The van der Waals surface area contributed by atoms with Crippen LogP contribution in [0, 0.1) is 0 Å². The molecule has 0 unspecified atom stereocenters. The van der Waals surface area contributed by atoms with Crippen molar-refractivity contribution in [3.8, 4) is 11.3 Å². The fourth-order valence-electron chi connectivity index (χ4n) is 2.66. The molecule has 24 heavy (non-hydrogen) atoms. The average Bonchev–Trinajstić information content (AvgIpc) is 3.07. The molecule has 0 radical (unpaired) electrons. The summed E-state index contributed by atoms with van der Waals surface area (Å²) in [5.41, 5.74) is 3.82. The minimum atomic E-state index is -0.169. The van der Waals surface area contributed by atoms with Crippen molar-refractivity contribution in [3.63, 3.8) is 0 Å². The van der Waals surface area contributed by atoms with Gasteiger partial charge in [-0.1, -0.05) is 48.5 Å². The summed E-state index contributed by atoms with van der Waals surface area (Å²) < 4.78 is 1.88. The molecule has 0 atom stereocenters. The third-order valence-corrected chi connectivity index (χ3v) is 3.83. The molecule has 0 aliphatic rings. The Bertz CT molecular complexity index is 991. The van der Waals surface area contributed by atoms with Gasteiger partial charge in [0.2, 0.25) is 0 Å². The maximum atomic E-state index is 12.6. The summed E-state index contributed by atoms with van der Waals surface area (Å²) >= 11 is 0. The van der Waals surface area contributed by atoms with Crippen LogP contribution in [0.1, 0.15) is 10.4 Å². The number of fused-ring (bicyclic) bond motifs is 1. The summed E-state index contributed by atoms with van der Waals surface area (Å²) in [6, 6.07) is 23.0. The highest BCUT2D eigenvalue weighted by Crippen LogP contribution is 2.21. The molecular weight excluding hydrogens is 298 g/mol. The van der Waals surface area contributed by atoms with E-state index in [-0.39, 0.29) is 5.91 Å². The second-order valence-corrected chi connectivity index (χ2v) is 5.47. The Morgan fingerprint density at radius 1 is 0.875 bits per heavy atom. The number of imidazole rings is 1. The zero-order valence-electron chi connectivity index (χ0n) is 12.9. The molecule has 0 saturated carbocycles. The fraction of sp³-hybridized carbons (Fsp3) is 0. The van der Waals surface area contributed by atoms with Crippen LogP contribution in [-0.4, -0.2) is 15.3 Å². The molecule has 0 bridgehead atoms. The lowest BCUT2D eigenvalue weighted by atomic mass is 10.2. The highest BCUT2D eigenvalue weighted by Gasteiger charge is 2.14. The van der Waals surface area contributed by atoms with E-state index >= 15 is 0 Å². The number of hydrogen-bond acceptors (Lipinski definition) is 2. The van der Waals surface area contributed by atoms with Crippen molar-refractivity contribution < 1.29 is 4.79 Å². The second-order valence-electron chi connectivity index (χ2n) is 5.47. The fourth-order valence-corrected chi connectivity index (χ4v) is 2.66. The Hall–Kier alpha value is -3.40. The first-order valence-corrected chi connectivity index (χ1v) is 7.71. The molecule has 0 aliphatic heterocycles. The lowest BCUT2D eigenvalue weighted by Crippen LogP contribution is -2.13. The quantitative estimate of drug-likeness (QED) is 0.614. The van der Waals surface area contributed by atoms with E-state index in [1.807, 2.05) is 83.5 Å². The summed E-state index contributed by atoms with van der Waals surface area (Å²) in [5.74, 6) is -0.169. The van der Waals surface area contributed by atoms with Gasteiger partial charge in [-0.2, -0.15) is 0 Å². The van der Waals surface area contributed by atoms with E-state index in [1.165, 1.54) is 0 Å². The average molecular weight is 313 g/mol. The molecule has 0 spiro atoms. The van der Waals surface area contributed by atoms with Crippen molar-refractivity contribution in [1.29, 1.82) is 0 Å². The van der Waals surface area contributed by atoms with Crippen LogP contribution in [0.25, 0.3) is 16.9 Å². The number of pyridine rings is 1. The van der Waals surface area contributed by atoms with Gasteiger partial charge in [-0.3, -0.25) is 4.79 Å². The van der Waals surface area contributed by atoms with Crippen molar-refractivity contribution in [2.24, 2.45) is 0 Å². The molecule has 4 aromatic rings. The SMILES string of the molecule is O=C(Nc1ccccc1)c1cccn2cc(-c3ccccc3)nc12. The van der Waals surface area contributed by atoms with Crippen molar-refractivity contribution in [3.05, 3.63) is 90.8 Å². The van der Waals surface area contributed by atoms with Crippen LogP contribution in [-0.2, 0) is 0 Å². The molecule has 2 heterocycles. The van der Waals surface area contributed by atoms with Crippen molar-refractivity contribution >= 4 is 17.2 Å². The third kappa shape index (κ3) is 2.65. The maximum absolute atomic E-state index is 12.6. The number of para-hydroxylation sites is 1. The van der Waals surface area contributed by atoms with E-state index in [0.717, 1.165) is 16.9 Å². The number of carbonyl (C=O) groups is 1. The molecule has 0 fully saturated rings. The molecule has 1 amide bonds. The smallest absolute Gasteiger partial charge is 0.259 e. The van der Waals surface area contributed by atoms with Gasteiger partial charge in [-0.15, -0.1) is 0 Å². The van der Waals surface area contributed by atoms with E-state index in [1.54, 1.807) is 6.07 Å². The molecule has 4 nitrogen and oxygen atoms in total. The van der Waals surface area contributed by atoms with Gasteiger partial charge in [0.15, 0.2) is 0 Å². The molecule has 116 valence electrons. The molecule has 4 heteroatoms. The van der Waals surface area contributed by atoms with Gasteiger partial charge < -0.3 is 9.72 Å². The number of hydrogen-bond donors (Lipinski definition) is 1. The summed E-state index contributed by atoms with van der Waals surface area (Å²) in [6.07, 6.45) is 3.83. The zero-order chi connectivity index (χ0) is 16.4. The minimum absolute atomic E-state index is 0.169.